The fraction of sp³-hybridized carbons (Fsp3) is 0.471. The highest BCUT2D eigenvalue weighted by atomic mass is 16.6. The molecule has 27 heavy (non-hydrogen) atoms. The van der Waals surface area contributed by atoms with E-state index in [4.69, 9.17) is 5.73 Å². The molecule has 1 amide bonds. The summed E-state index contributed by atoms with van der Waals surface area (Å²) in [6, 6.07) is 3.61. The fourth-order valence-corrected chi connectivity index (χ4v) is 3.11. The van der Waals surface area contributed by atoms with Gasteiger partial charge in [-0.2, -0.15) is 5.10 Å². The van der Waals surface area contributed by atoms with Crippen LogP contribution >= 0.6 is 0 Å². The van der Waals surface area contributed by atoms with E-state index in [9.17, 15) is 14.9 Å². The molecule has 3 heterocycles. The number of carbonyl (C=O) groups is 1. The van der Waals surface area contributed by atoms with Crippen LogP contribution in [0.15, 0.2) is 24.5 Å². The van der Waals surface area contributed by atoms with Crippen LogP contribution in [0.3, 0.4) is 0 Å². The van der Waals surface area contributed by atoms with E-state index >= 15 is 0 Å². The molecule has 0 unspecified atom stereocenters. The van der Waals surface area contributed by atoms with Crippen molar-refractivity contribution in [3.63, 3.8) is 0 Å². The molecule has 0 bridgehead atoms. The SMILES string of the molecule is CC(C)(C)N1CCN(c2ccc(-n3cc([N+](=O)[O-])c(C(N)=O)n3)cn2)CC1. The second-order valence-electron chi connectivity index (χ2n) is 7.45. The highest BCUT2D eigenvalue weighted by Crippen LogP contribution is 2.22. The lowest BCUT2D eigenvalue weighted by Crippen LogP contribution is -2.53. The summed E-state index contributed by atoms with van der Waals surface area (Å²) in [6.45, 7) is 10.3. The molecule has 0 atom stereocenters. The molecule has 3 rings (SSSR count). The number of primary amides is 1. The molecule has 0 spiro atoms. The van der Waals surface area contributed by atoms with Crippen molar-refractivity contribution in [2.75, 3.05) is 31.1 Å². The lowest BCUT2D eigenvalue weighted by Gasteiger charge is -2.42. The van der Waals surface area contributed by atoms with E-state index in [1.54, 1.807) is 12.3 Å². The van der Waals surface area contributed by atoms with Gasteiger partial charge in [-0.3, -0.25) is 19.8 Å². The third-order valence-corrected chi connectivity index (χ3v) is 4.67. The Morgan fingerprint density at radius 3 is 2.33 bits per heavy atom. The van der Waals surface area contributed by atoms with Gasteiger partial charge in [-0.1, -0.05) is 0 Å². The molecule has 0 saturated carbocycles. The van der Waals surface area contributed by atoms with Crippen LogP contribution in [0.1, 0.15) is 31.3 Å². The van der Waals surface area contributed by atoms with Crippen LogP contribution in [-0.4, -0.2) is 62.2 Å². The Kier molecular flexibility index (Phi) is 4.83. The van der Waals surface area contributed by atoms with Crippen LogP contribution in [0.4, 0.5) is 11.5 Å². The number of aromatic nitrogens is 3. The average Bonchev–Trinajstić information content (AvgIpc) is 3.07. The second-order valence-corrected chi connectivity index (χ2v) is 7.45. The maximum atomic E-state index is 11.3. The largest absolute Gasteiger partial charge is 0.364 e. The Bertz CT molecular complexity index is 815. The van der Waals surface area contributed by atoms with Crippen molar-refractivity contribution in [3.05, 3.63) is 40.3 Å². The first-order valence-corrected chi connectivity index (χ1v) is 8.67. The van der Waals surface area contributed by atoms with Crippen LogP contribution < -0.4 is 10.6 Å². The van der Waals surface area contributed by atoms with E-state index in [1.807, 2.05) is 6.07 Å². The molecule has 1 saturated heterocycles. The minimum Gasteiger partial charge on any atom is -0.364 e. The molecule has 10 nitrogen and oxygen atoms in total. The number of nitrogens with zero attached hydrogens (tertiary/aromatic N) is 6. The number of nitro groups is 1. The van der Waals surface area contributed by atoms with Gasteiger partial charge in [-0.15, -0.1) is 0 Å². The summed E-state index contributed by atoms with van der Waals surface area (Å²) >= 11 is 0. The zero-order chi connectivity index (χ0) is 19.8. The van der Waals surface area contributed by atoms with Crippen molar-refractivity contribution in [2.45, 2.75) is 26.3 Å². The Balaban J connectivity index is 1.76. The summed E-state index contributed by atoms with van der Waals surface area (Å²) in [4.78, 5) is 30.8. The van der Waals surface area contributed by atoms with Gasteiger partial charge in [0, 0.05) is 31.7 Å². The maximum Gasteiger partial charge on any atom is 0.320 e. The van der Waals surface area contributed by atoms with Gasteiger partial charge in [0.25, 0.3) is 5.91 Å². The average molecular weight is 373 g/mol. The van der Waals surface area contributed by atoms with Gasteiger partial charge < -0.3 is 10.6 Å². The molecule has 10 heteroatoms. The molecule has 2 N–H and O–H groups in total. The zero-order valence-electron chi connectivity index (χ0n) is 15.6. The smallest absolute Gasteiger partial charge is 0.320 e. The molecule has 1 aliphatic rings. The van der Waals surface area contributed by atoms with Gasteiger partial charge in [-0.25, -0.2) is 9.67 Å². The predicted octanol–water partition coefficient (Wildman–Crippen LogP) is 1.19. The van der Waals surface area contributed by atoms with Crippen LogP contribution in [0.25, 0.3) is 5.69 Å². The monoisotopic (exact) mass is 373 g/mol. The van der Waals surface area contributed by atoms with Gasteiger partial charge >= 0.3 is 5.69 Å². The fourth-order valence-electron chi connectivity index (χ4n) is 3.11. The van der Waals surface area contributed by atoms with Crippen LogP contribution in [0, 0.1) is 10.1 Å². The van der Waals surface area contributed by atoms with E-state index < -0.39 is 16.5 Å². The second kappa shape index (κ2) is 6.95. The number of carbonyl (C=O) groups excluding carboxylic acids is 1. The van der Waals surface area contributed by atoms with E-state index in [0.29, 0.717) is 5.69 Å². The summed E-state index contributed by atoms with van der Waals surface area (Å²) in [5.74, 6) is -0.106. The lowest BCUT2D eigenvalue weighted by molar-refractivity contribution is -0.385. The molecule has 1 fully saturated rings. The summed E-state index contributed by atoms with van der Waals surface area (Å²) in [5, 5.41) is 15.0. The van der Waals surface area contributed by atoms with E-state index in [-0.39, 0.29) is 11.2 Å². The van der Waals surface area contributed by atoms with Gasteiger partial charge in [0.15, 0.2) is 0 Å². The van der Waals surface area contributed by atoms with Crippen LogP contribution in [-0.2, 0) is 0 Å². The molecule has 0 radical (unpaired) electrons. The summed E-state index contributed by atoms with van der Waals surface area (Å²) in [7, 11) is 0. The van der Waals surface area contributed by atoms with Gasteiger partial charge in [-0.05, 0) is 32.9 Å². The molecule has 0 aromatic carbocycles. The first kappa shape index (κ1) is 18.8. The van der Waals surface area contributed by atoms with Crippen molar-refractivity contribution >= 4 is 17.4 Å². The molecular weight excluding hydrogens is 350 g/mol. The number of hydrogen-bond acceptors (Lipinski definition) is 7. The number of hydrogen-bond donors (Lipinski definition) is 1. The summed E-state index contributed by atoms with van der Waals surface area (Å²) in [5.41, 5.74) is 5.03. The molecule has 1 aliphatic heterocycles. The normalized spacial score (nSPS) is 15.7. The van der Waals surface area contributed by atoms with Gasteiger partial charge in [0.1, 0.15) is 12.0 Å². The van der Waals surface area contributed by atoms with Gasteiger partial charge in [0.05, 0.1) is 16.8 Å². The van der Waals surface area contributed by atoms with Crippen molar-refractivity contribution in [3.8, 4) is 5.69 Å². The van der Waals surface area contributed by atoms with Crippen LogP contribution in [0.5, 0.6) is 0 Å². The predicted molar refractivity (Wildman–Crippen MR) is 100 cm³/mol. The number of rotatable bonds is 4. The van der Waals surface area contributed by atoms with E-state index in [2.05, 4.69) is 40.7 Å². The van der Waals surface area contributed by atoms with Crippen molar-refractivity contribution in [1.82, 2.24) is 19.7 Å². The van der Waals surface area contributed by atoms with Crippen molar-refractivity contribution in [1.29, 1.82) is 0 Å². The van der Waals surface area contributed by atoms with Crippen molar-refractivity contribution < 1.29 is 9.72 Å². The quantitative estimate of drug-likeness (QED) is 0.631. The third kappa shape index (κ3) is 3.90. The van der Waals surface area contributed by atoms with Gasteiger partial charge in [0.2, 0.25) is 5.69 Å². The standard InChI is InChI=1S/C17H23N7O3/c1-17(2,3)22-8-6-21(7-9-22)14-5-4-12(10-19-14)23-11-13(24(26)27)15(20-23)16(18)25/h4-5,10-11H,6-9H2,1-3H3,(H2,18,25). The van der Waals surface area contributed by atoms with E-state index in [1.165, 1.54) is 10.9 Å². The molecule has 0 aliphatic carbocycles. The number of piperazine rings is 1. The number of pyridine rings is 1. The number of amides is 1. The number of anilines is 1. The minimum absolute atomic E-state index is 0.149. The third-order valence-electron chi connectivity index (χ3n) is 4.67. The Hall–Kier alpha value is -3.01. The molecule has 144 valence electrons. The highest BCUT2D eigenvalue weighted by molar-refractivity contribution is 5.94. The number of nitrogens with two attached hydrogens (primary N) is 1. The summed E-state index contributed by atoms with van der Waals surface area (Å²) in [6.07, 6.45) is 2.74. The first-order chi connectivity index (χ1) is 12.7. The van der Waals surface area contributed by atoms with Crippen molar-refractivity contribution in [2.24, 2.45) is 5.73 Å². The molecule has 2 aromatic heterocycles. The lowest BCUT2D eigenvalue weighted by atomic mass is 10.1. The molecule has 2 aromatic rings. The minimum atomic E-state index is -0.943. The first-order valence-electron chi connectivity index (χ1n) is 8.67. The Morgan fingerprint density at radius 2 is 1.89 bits per heavy atom. The highest BCUT2D eigenvalue weighted by Gasteiger charge is 2.27. The van der Waals surface area contributed by atoms with E-state index in [0.717, 1.165) is 32.0 Å². The maximum absolute atomic E-state index is 11.3. The van der Waals surface area contributed by atoms with Crippen LogP contribution in [0.2, 0.25) is 0 Å². The Labute approximate surface area is 156 Å². The summed E-state index contributed by atoms with van der Waals surface area (Å²) < 4.78 is 1.24. The molecular formula is C17H23N7O3. The topological polar surface area (TPSA) is 123 Å². The zero-order valence-corrected chi connectivity index (χ0v) is 15.6. The Morgan fingerprint density at radius 1 is 1.22 bits per heavy atom.